The van der Waals surface area contributed by atoms with E-state index in [4.69, 9.17) is 4.74 Å². The number of ether oxygens (including phenoxy) is 1. The molecule has 0 fully saturated rings. The quantitative estimate of drug-likeness (QED) is 0.735. The minimum absolute atomic E-state index is 0.0978. The number of hydrogen-bond acceptors (Lipinski definition) is 4. The second-order valence-corrected chi connectivity index (χ2v) is 6.41. The molecule has 2 amide bonds. The minimum atomic E-state index is -0.524. The molecule has 0 atom stereocenters. The lowest BCUT2D eigenvalue weighted by molar-refractivity contribution is -0.147. The SMILES string of the molecule is Cc1ccc(CC(=O)OCC(=O)NCC(=O)Nc2c(C)cccc2C)cc1. The van der Waals surface area contributed by atoms with Gasteiger partial charge in [-0.15, -0.1) is 0 Å². The fraction of sp³-hybridized carbons (Fsp3) is 0.286. The molecule has 0 spiro atoms. The van der Waals surface area contributed by atoms with E-state index in [9.17, 15) is 14.4 Å². The number of benzene rings is 2. The molecule has 6 nitrogen and oxygen atoms in total. The summed E-state index contributed by atoms with van der Waals surface area (Å²) >= 11 is 0. The van der Waals surface area contributed by atoms with Gasteiger partial charge in [-0.3, -0.25) is 14.4 Å². The van der Waals surface area contributed by atoms with E-state index in [1.807, 2.05) is 63.2 Å². The van der Waals surface area contributed by atoms with Crippen molar-refractivity contribution >= 4 is 23.5 Å². The first-order chi connectivity index (χ1) is 12.8. The number of aryl methyl sites for hydroxylation is 3. The number of anilines is 1. The van der Waals surface area contributed by atoms with Crippen LogP contribution in [0.4, 0.5) is 5.69 Å². The van der Waals surface area contributed by atoms with Gasteiger partial charge in [0.15, 0.2) is 6.61 Å². The molecule has 142 valence electrons. The molecule has 0 aliphatic rings. The predicted molar refractivity (Wildman–Crippen MR) is 103 cm³/mol. The first-order valence-corrected chi connectivity index (χ1v) is 8.69. The van der Waals surface area contributed by atoms with E-state index >= 15 is 0 Å². The molecule has 0 heterocycles. The van der Waals surface area contributed by atoms with Gasteiger partial charge < -0.3 is 15.4 Å². The second kappa shape index (κ2) is 9.52. The van der Waals surface area contributed by atoms with Gasteiger partial charge in [0.1, 0.15) is 0 Å². The van der Waals surface area contributed by atoms with E-state index in [1.165, 1.54) is 0 Å². The van der Waals surface area contributed by atoms with E-state index in [1.54, 1.807) is 0 Å². The molecule has 2 rings (SSSR count). The maximum absolute atomic E-state index is 12.0. The van der Waals surface area contributed by atoms with E-state index in [0.29, 0.717) is 0 Å². The molecule has 0 radical (unpaired) electrons. The van der Waals surface area contributed by atoms with Crippen LogP contribution in [-0.4, -0.2) is 30.9 Å². The molecule has 0 unspecified atom stereocenters. The standard InChI is InChI=1S/C21H24N2O4/c1-14-7-9-17(10-8-14)11-20(26)27-13-19(25)22-12-18(24)23-21-15(2)5-4-6-16(21)3/h4-10H,11-13H2,1-3H3,(H,22,25)(H,23,24). The number of para-hydroxylation sites is 1. The van der Waals surface area contributed by atoms with Crippen molar-refractivity contribution in [3.8, 4) is 0 Å². The summed E-state index contributed by atoms with van der Waals surface area (Å²) in [5.41, 5.74) is 4.55. The van der Waals surface area contributed by atoms with Crippen LogP contribution in [0.5, 0.6) is 0 Å². The van der Waals surface area contributed by atoms with Crippen LogP contribution in [-0.2, 0) is 25.5 Å². The smallest absolute Gasteiger partial charge is 0.310 e. The predicted octanol–water partition coefficient (Wildman–Crippen LogP) is 2.45. The lowest BCUT2D eigenvalue weighted by atomic mass is 10.1. The number of rotatable bonds is 7. The van der Waals surface area contributed by atoms with Crippen LogP contribution in [0.2, 0.25) is 0 Å². The van der Waals surface area contributed by atoms with E-state index in [-0.39, 0.29) is 18.9 Å². The molecular formula is C21H24N2O4. The summed E-state index contributed by atoms with van der Waals surface area (Å²) in [5.74, 6) is -1.36. The summed E-state index contributed by atoms with van der Waals surface area (Å²) in [7, 11) is 0. The van der Waals surface area contributed by atoms with Gasteiger partial charge in [0.2, 0.25) is 5.91 Å². The first kappa shape index (κ1) is 20.2. The van der Waals surface area contributed by atoms with Gasteiger partial charge in [-0.1, -0.05) is 48.0 Å². The molecule has 0 saturated heterocycles. The Balaban J connectivity index is 1.71. The number of carbonyl (C=O) groups excluding carboxylic acids is 3. The van der Waals surface area contributed by atoms with Crippen molar-refractivity contribution in [2.24, 2.45) is 0 Å². The number of nitrogens with one attached hydrogen (secondary N) is 2. The van der Waals surface area contributed by atoms with Crippen molar-refractivity contribution in [3.63, 3.8) is 0 Å². The molecule has 2 N–H and O–H groups in total. The third-order valence-corrected chi connectivity index (χ3v) is 4.02. The maximum atomic E-state index is 12.0. The Hall–Kier alpha value is -3.15. The topological polar surface area (TPSA) is 84.5 Å². The summed E-state index contributed by atoms with van der Waals surface area (Å²) in [5, 5.41) is 5.21. The largest absolute Gasteiger partial charge is 0.455 e. The first-order valence-electron chi connectivity index (χ1n) is 8.69. The third kappa shape index (κ3) is 6.58. The molecule has 2 aromatic rings. The van der Waals surface area contributed by atoms with Gasteiger partial charge in [-0.05, 0) is 37.5 Å². The van der Waals surface area contributed by atoms with Gasteiger partial charge in [0.05, 0.1) is 13.0 Å². The van der Waals surface area contributed by atoms with Crippen molar-refractivity contribution in [1.29, 1.82) is 0 Å². The summed E-state index contributed by atoms with van der Waals surface area (Å²) < 4.78 is 4.94. The zero-order valence-corrected chi connectivity index (χ0v) is 15.8. The normalized spacial score (nSPS) is 10.2. The van der Waals surface area contributed by atoms with Crippen LogP contribution in [0.25, 0.3) is 0 Å². The highest BCUT2D eigenvalue weighted by atomic mass is 16.5. The molecule has 27 heavy (non-hydrogen) atoms. The van der Waals surface area contributed by atoms with Crippen molar-refractivity contribution in [2.45, 2.75) is 27.2 Å². The van der Waals surface area contributed by atoms with E-state index < -0.39 is 18.5 Å². The average Bonchev–Trinajstić information content (AvgIpc) is 2.63. The third-order valence-electron chi connectivity index (χ3n) is 4.02. The zero-order valence-electron chi connectivity index (χ0n) is 15.8. The summed E-state index contributed by atoms with van der Waals surface area (Å²) in [6, 6.07) is 13.2. The summed E-state index contributed by atoms with van der Waals surface area (Å²) in [6.45, 7) is 5.15. The summed E-state index contributed by atoms with van der Waals surface area (Å²) in [6.07, 6.45) is 0.0978. The minimum Gasteiger partial charge on any atom is -0.455 e. The monoisotopic (exact) mass is 368 g/mol. The van der Waals surface area contributed by atoms with Crippen molar-refractivity contribution < 1.29 is 19.1 Å². The van der Waals surface area contributed by atoms with Crippen molar-refractivity contribution in [3.05, 3.63) is 64.7 Å². The van der Waals surface area contributed by atoms with Crippen LogP contribution in [0.1, 0.15) is 22.3 Å². The molecule has 0 bridgehead atoms. The number of amides is 2. The Kier molecular flexibility index (Phi) is 7.11. The second-order valence-electron chi connectivity index (χ2n) is 6.41. The van der Waals surface area contributed by atoms with Gasteiger partial charge in [-0.25, -0.2) is 0 Å². The van der Waals surface area contributed by atoms with Crippen LogP contribution < -0.4 is 10.6 Å². The van der Waals surface area contributed by atoms with Crippen LogP contribution in [0.3, 0.4) is 0 Å². The van der Waals surface area contributed by atoms with Gasteiger partial charge in [0, 0.05) is 5.69 Å². The molecule has 0 aromatic heterocycles. The zero-order chi connectivity index (χ0) is 19.8. The Morgan fingerprint density at radius 3 is 2.15 bits per heavy atom. The van der Waals surface area contributed by atoms with Crippen LogP contribution >= 0.6 is 0 Å². The Morgan fingerprint density at radius 1 is 0.889 bits per heavy atom. The van der Waals surface area contributed by atoms with E-state index in [2.05, 4.69) is 10.6 Å². The Labute approximate surface area is 158 Å². The Bertz CT molecular complexity index is 808. The lowest BCUT2D eigenvalue weighted by Gasteiger charge is -2.12. The van der Waals surface area contributed by atoms with Gasteiger partial charge in [-0.2, -0.15) is 0 Å². The molecule has 6 heteroatoms. The summed E-state index contributed by atoms with van der Waals surface area (Å²) in [4.78, 5) is 35.5. The van der Waals surface area contributed by atoms with Crippen molar-refractivity contribution in [1.82, 2.24) is 5.32 Å². The molecule has 0 aliphatic carbocycles. The van der Waals surface area contributed by atoms with Gasteiger partial charge in [0.25, 0.3) is 5.91 Å². The average molecular weight is 368 g/mol. The fourth-order valence-electron chi connectivity index (χ4n) is 2.49. The van der Waals surface area contributed by atoms with Crippen LogP contribution in [0.15, 0.2) is 42.5 Å². The molecule has 0 aliphatic heterocycles. The van der Waals surface area contributed by atoms with Crippen molar-refractivity contribution in [2.75, 3.05) is 18.5 Å². The fourth-order valence-corrected chi connectivity index (χ4v) is 2.49. The number of carbonyl (C=O) groups is 3. The highest BCUT2D eigenvalue weighted by molar-refractivity contribution is 5.96. The number of hydrogen-bond donors (Lipinski definition) is 2. The highest BCUT2D eigenvalue weighted by Gasteiger charge is 2.11. The number of esters is 1. The maximum Gasteiger partial charge on any atom is 0.310 e. The van der Waals surface area contributed by atoms with E-state index in [0.717, 1.165) is 27.9 Å². The Morgan fingerprint density at radius 2 is 1.52 bits per heavy atom. The molecule has 0 saturated carbocycles. The van der Waals surface area contributed by atoms with Gasteiger partial charge >= 0.3 is 5.97 Å². The highest BCUT2D eigenvalue weighted by Crippen LogP contribution is 2.18. The molecule has 2 aromatic carbocycles. The lowest BCUT2D eigenvalue weighted by Crippen LogP contribution is -2.35. The molecular weight excluding hydrogens is 344 g/mol. The van der Waals surface area contributed by atoms with Crippen LogP contribution in [0, 0.1) is 20.8 Å².